The van der Waals surface area contributed by atoms with Crippen molar-refractivity contribution >= 4 is 27.8 Å². The van der Waals surface area contributed by atoms with Gasteiger partial charge in [0.15, 0.2) is 5.78 Å². The molecule has 0 aromatic heterocycles. The van der Waals surface area contributed by atoms with Crippen LogP contribution >= 0.6 is 15.9 Å². The maximum Gasteiger partial charge on any atom is 0.186 e. The van der Waals surface area contributed by atoms with E-state index in [-0.39, 0.29) is 5.78 Å². The van der Waals surface area contributed by atoms with Gasteiger partial charge in [0.05, 0.1) is 0 Å². The zero-order valence-electron chi connectivity index (χ0n) is 11.3. The van der Waals surface area contributed by atoms with Gasteiger partial charge in [0.2, 0.25) is 0 Å². The smallest absolute Gasteiger partial charge is 0.186 e. The van der Waals surface area contributed by atoms with Gasteiger partial charge in [0, 0.05) is 15.6 Å². The molecule has 2 aromatic carbocycles. The van der Waals surface area contributed by atoms with E-state index in [4.69, 9.17) is 4.74 Å². The predicted molar refractivity (Wildman–Crippen MR) is 87.5 cm³/mol. The fraction of sp³-hybridized carbons (Fsp3) is 0.0556. The summed E-state index contributed by atoms with van der Waals surface area (Å²) in [5, 5.41) is 0. The highest BCUT2D eigenvalue weighted by molar-refractivity contribution is 9.10. The number of halogens is 1. The number of ketones is 1. The van der Waals surface area contributed by atoms with Gasteiger partial charge in [-0.25, -0.2) is 0 Å². The molecule has 104 valence electrons. The van der Waals surface area contributed by atoms with Crippen LogP contribution in [-0.4, -0.2) is 12.4 Å². The van der Waals surface area contributed by atoms with Gasteiger partial charge in [-0.15, -0.1) is 0 Å². The molecule has 0 spiro atoms. The second-order valence-corrected chi connectivity index (χ2v) is 5.58. The van der Waals surface area contributed by atoms with Crippen LogP contribution in [0, 0.1) is 0 Å². The molecule has 0 unspecified atom stereocenters. The van der Waals surface area contributed by atoms with Crippen LogP contribution in [0.3, 0.4) is 0 Å². The van der Waals surface area contributed by atoms with Crippen molar-refractivity contribution < 1.29 is 9.53 Å². The van der Waals surface area contributed by atoms with Crippen LogP contribution in [0.25, 0.3) is 6.08 Å². The van der Waals surface area contributed by atoms with Crippen molar-refractivity contribution in [2.75, 3.05) is 6.61 Å². The third kappa shape index (κ3) is 3.14. The van der Waals surface area contributed by atoms with E-state index in [1.807, 2.05) is 54.6 Å². The lowest BCUT2D eigenvalue weighted by Crippen LogP contribution is -2.06. The number of fused-ring (bicyclic) bond motifs is 1. The second-order valence-electron chi connectivity index (χ2n) is 4.72. The topological polar surface area (TPSA) is 26.3 Å². The summed E-state index contributed by atoms with van der Waals surface area (Å²) in [7, 11) is 0. The summed E-state index contributed by atoms with van der Waals surface area (Å²) >= 11 is 3.39. The van der Waals surface area contributed by atoms with Crippen molar-refractivity contribution in [1.29, 1.82) is 0 Å². The van der Waals surface area contributed by atoms with Gasteiger partial charge >= 0.3 is 0 Å². The molecule has 21 heavy (non-hydrogen) atoms. The van der Waals surface area contributed by atoms with Crippen LogP contribution in [0.15, 0.2) is 70.7 Å². The van der Waals surface area contributed by atoms with Gasteiger partial charge in [0.1, 0.15) is 12.4 Å². The third-order valence-electron chi connectivity index (χ3n) is 3.24. The highest BCUT2D eigenvalue weighted by atomic mass is 79.9. The number of hydrogen-bond acceptors (Lipinski definition) is 2. The summed E-state index contributed by atoms with van der Waals surface area (Å²) in [4.78, 5) is 12.2. The first-order chi connectivity index (χ1) is 10.2. The van der Waals surface area contributed by atoms with E-state index in [1.54, 1.807) is 12.1 Å². The first kappa shape index (κ1) is 13.8. The number of carbonyl (C=O) groups is 1. The van der Waals surface area contributed by atoms with Gasteiger partial charge < -0.3 is 4.74 Å². The largest absolute Gasteiger partial charge is 0.488 e. The third-order valence-corrected chi connectivity index (χ3v) is 3.93. The summed E-state index contributed by atoms with van der Waals surface area (Å²) in [6, 6.07) is 15.3. The van der Waals surface area contributed by atoms with Crippen LogP contribution < -0.4 is 4.74 Å². The molecule has 2 nitrogen and oxygen atoms in total. The zero-order valence-corrected chi connectivity index (χ0v) is 12.8. The van der Waals surface area contributed by atoms with E-state index in [2.05, 4.69) is 15.9 Å². The minimum Gasteiger partial charge on any atom is -0.488 e. The van der Waals surface area contributed by atoms with Crippen molar-refractivity contribution in [3.63, 3.8) is 0 Å². The van der Waals surface area contributed by atoms with Crippen molar-refractivity contribution in [3.8, 4) is 5.75 Å². The number of carbonyl (C=O) groups excluding carboxylic acids is 1. The maximum atomic E-state index is 12.2. The molecular weight excluding hydrogens is 328 g/mol. The summed E-state index contributed by atoms with van der Waals surface area (Å²) in [6.45, 7) is 0.483. The molecule has 0 saturated heterocycles. The number of benzene rings is 2. The molecule has 0 radical (unpaired) electrons. The Hall–Kier alpha value is -2.13. The Morgan fingerprint density at radius 3 is 2.71 bits per heavy atom. The zero-order chi connectivity index (χ0) is 14.7. The van der Waals surface area contributed by atoms with Gasteiger partial charge in [-0.3, -0.25) is 4.79 Å². The molecule has 0 saturated carbocycles. The number of rotatable bonds is 3. The Morgan fingerprint density at radius 1 is 1.10 bits per heavy atom. The predicted octanol–water partition coefficient (Wildman–Crippen LogP) is 4.66. The van der Waals surface area contributed by atoms with Gasteiger partial charge in [-0.05, 0) is 35.9 Å². The summed E-state index contributed by atoms with van der Waals surface area (Å²) in [5.41, 5.74) is 2.68. The van der Waals surface area contributed by atoms with E-state index in [0.717, 1.165) is 21.4 Å². The second kappa shape index (κ2) is 6.10. The van der Waals surface area contributed by atoms with E-state index in [1.165, 1.54) is 0 Å². The number of para-hydroxylation sites is 1. The van der Waals surface area contributed by atoms with Crippen LogP contribution in [0.1, 0.15) is 15.9 Å². The van der Waals surface area contributed by atoms with Crippen molar-refractivity contribution in [1.82, 2.24) is 0 Å². The highest BCUT2D eigenvalue weighted by Crippen LogP contribution is 2.26. The van der Waals surface area contributed by atoms with Crippen LogP contribution in [0.5, 0.6) is 5.75 Å². The SMILES string of the molecule is O=C(/C=C/C1=Cc2ccccc2OC1)c1ccccc1Br. The Labute approximate surface area is 131 Å². The molecular formula is C18H13BrO2. The molecule has 1 heterocycles. The monoisotopic (exact) mass is 340 g/mol. The van der Waals surface area contributed by atoms with Crippen molar-refractivity contribution in [3.05, 3.63) is 81.9 Å². The Bertz CT molecular complexity index is 744. The molecule has 3 heteroatoms. The minimum atomic E-state index is -0.0257. The number of allylic oxidation sites excluding steroid dienone is 1. The first-order valence-corrected chi connectivity index (χ1v) is 7.43. The minimum absolute atomic E-state index is 0.0257. The quantitative estimate of drug-likeness (QED) is 0.599. The van der Waals surface area contributed by atoms with Crippen molar-refractivity contribution in [2.45, 2.75) is 0 Å². The molecule has 0 amide bonds. The molecule has 3 rings (SSSR count). The lowest BCUT2D eigenvalue weighted by atomic mass is 10.1. The highest BCUT2D eigenvalue weighted by Gasteiger charge is 2.10. The average Bonchev–Trinajstić information content (AvgIpc) is 2.53. The van der Waals surface area contributed by atoms with Gasteiger partial charge in [-0.1, -0.05) is 52.3 Å². The van der Waals surface area contributed by atoms with E-state index in [0.29, 0.717) is 12.2 Å². The van der Waals surface area contributed by atoms with Crippen LogP contribution in [0.4, 0.5) is 0 Å². The molecule has 1 aliphatic heterocycles. The Morgan fingerprint density at radius 2 is 1.86 bits per heavy atom. The van der Waals surface area contributed by atoms with Crippen molar-refractivity contribution in [2.24, 2.45) is 0 Å². The fourth-order valence-corrected chi connectivity index (χ4v) is 2.64. The van der Waals surface area contributed by atoms with Gasteiger partial charge in [-0.2, -0.15) is 0 Å². The molecule has 0 aliphatic carbocycles. The summed E-state index contributed by atoms with van der Waals surface area (Å²) in [5.74, 6) is 0.856. The normalized spacial score (nSPS) is 13.5. The molecule has 1 aliphatic rings. The summed E-state index contributed by atoms with van der Waals surface area (Å²) in [6.07, 6.45) is 5.45. The Balaban J connectivity index is 1.80. The lowest BCUT2D eigenvalue weighted by molar-refractivity contribution is 0.104. The average molecular weight is 341 g/mol. The maximum absolute atomic E-state index is 12.2. The number of ether oxygens (including phenoxy) is 1. The van der Waals surface area contributed by atoms with E-state index in [9.17, 15) is 4.79 Å². The fourth-order valence-electron chi connectivity index (χ4n) is 2.16. The summed E-state index contributed by atoms with van der Waals surface area (Å²) < 4.78 is 6.46. The first-order valence-electron chi connectivity index (χ1n) is 6.63. The van der Waals surface area contributed by atoms with E-state index >= 15 is 0 Å². The lowest BCUT2D eigenvalue weighted by Gasteiger charge is -2.15. The standard InChI is InChI=1S/C18H13BrO2/c19-16-7-3-2-6-15(16)17(20)10-9-13-11-14-5-1-4-8-18(14)21-12-13/h1-11H,12H2/b10-9+. The molecule has 0 fully saturated rings. The van der Waals surface area contributed by atoms with Gasteiger partial charge in [0.25, 0.3) is 0 Å². The van der Waals surface area contributed by atoms with E-state index < -0.39 is 0 Å². The number of hydrogen-bond donors (Lipinski definition) is 0. The molecule has 2 aromatic rings. The Kier molecular flexibility index (Phi) is 4.02. The van der Waals surface area contributed by atoms with Crippen LogP contribution in [-0.2, 0) is 0 Å². The molecule has 0 N–H and O–H groups in total. The molecule has 0 bridgehead atoms. The molecule has 0 atom stereocenters. The van der Waals surface area contributed by atoms with Crippen LogP contribution in [0.2, 0.25) is 0 Å².